The van der Waals surface area contributed by atoms with Crippen molar-refractivity contribution < 1.29 is 9.53 Å². The molecule has 1 aromatic carbocycles. The van der Waals surface area contributed by atoms with Crippen LogP contribution < -0.4 is 16.0 Å². The number of amides is 1. The number of para-hydroxylation sites is 2. The molecule has 29 heavy (non-hydrogen) atoms. The Morgan fingerprint density at radius 1 is 1.17 bits per heavy atom. The summed E-state index contributed by atoms with van der Waals surface area (Å²) in [6.45, 7) is 12.9. The Morgan fingerprint density at radius 2 is 1.90 bits per heavy atom. The summed E-state index contributed by atoms with van der Waals surface area (Å²) in [5.41, 5.74) is 1.69. The molecule has 0 aliphatic heterocycles. The molecule has 8 nitrogen and oxygen atoms in total. The molecular weight excluding hydrogens is 368 g/mol. The predicted molar refractivity (Wildman–Crippen MR) is 117 cm³/mol. The van der Waals surface area contributed by atoms with Crippen molar-refractivity contribution in [3.05, 3.63) is 30.1 Å². The van der Waals surface area contributed by atoms with Crippen molar-refractivity contribution in [1.29, 1.82) is 0 Å². The Hall–Kier alpha value is -2.77. The van der Waals surface area contributed by atoms with Gasteiger partial charge < -0.3 is 25.3 Å². The van der Waals surface area contributed by atoms with Gasteiger partial charge in [-0.3, -0.25) is 4.99 Å². The average molecular weight is 403 g/mol. The van der Waals surface area contributed by atoms with Gasteiger partial charge in [-0.1, -0.05) is 12.1 Å². The second-order valence-corrected chi connectivity index (χ2v) is 7.77. The van der Waals surface area contributed by atoms with Gasteiger partial charge in [0, 0.05) is 32.7 Å². The molecule has 160 valence electrons. The number of imidazole rings is 1. The van der Waals surface area contributed by atoms with Crippen molar-refractivity contribution in [2.45, 2.75) is 53.2 Å². The molecular formula is C21H34N6O2. The summed E-state index contributed by atoms with van der Waals surface area (Å²) in [5, 5.41) is 9.17. The lowest BCUT2D eigenvalue weighted by atomic mass is 10.2. The van der Waals surface area contributed by atoms with E-state index in [4.69, 9.17) is 4.74 Å². The van der Waals surface area contributed by atoms with Crippen LogP contribution in [-0.2, 0) is 11.3 Å². The third-order valence-electron chi connectivity index (χ3n) is 4.09. The second-order valence-electron chi connectivity index (χ2n) is 7.77. The van der Waals surface area contributed by atoms with Crippen molar-refractivity contribution in [2.24, 2.45) is 4.99 Å². The summed E-state index contributed by atoms with van der Waals surface area (Å²) in [5.74, 6) is 1.76. The number of ether oxygens (including phenoxy) is 1. The van der Waals surface area contributed by atoms with Crippen LogP contribution in [0.1, 0.15) is 39.9 Å². The van der Waals surface area contributed by atoms with Gasteiger partial charge in [0.05, 0.1) is 11.0 Å². The highest BCUT2D eigenvalue weighted by Crippen LogP contribution is 2.15. The van der Waals surface area contributed by atoms with E-state index in [2.05, 4.69) is 36.6 Å². The van der Waals surface area contributed by atoms with E-state index in [1.807, 2.05) is 52.8 Å². The highest BCUT2D eigenvalue weighted by atomic mass is 16.6. The SMILES string of the molecule is CCNC(=NCCCn1c(C)nc2ccccc21)NCCNC(=O)OC(C)(C)C. The smallest absolute Gasteiger partial charge is 0.407 e. The van der Waals surface area contributed by atoms with Crippen LogP contribution in [0, 0.1) is 6.92 Å². The molecule has 3 N–H and O–H groups in total. The van der Waals surface area contributed by atoms with Crippen LogP contribution in [0.4, 0.5) is 4.79 Å². The van der Waals surface area contributed by atoms with E-state index in [0.29, 0.717) is 19.6 Å². The first-order chi connectivity index (χ1) is 13.8. The monoisotopic (exact) mass is 402 g/mol. The van der Waals surface area contributed by atoms with Gasteiger partial charge >= 0.3 is 6.09 Å². The molecule has 0 radical (unpaired) electrons. The van der Waals surface area contributed by atoms with E-state index >= 15 is 0 Å². The molecule has 0 aliphatic rings. The lowest BCUT2D eigenvalue weighted by molar-refractivity contribution is 0.0529. The summed E-state index contributed by atoms with van der Waals surface area (Å²) < 4.78 is 7.45. The molecule has 2 rings (SSSR count). The highest BCUT2D eigenvalue weighted by Gasteiger charge is 2.15. The van der Waals surface area contributed by atoms with Gasteiger partial charge in [0.25, 0.3) is 0 Å². The molecule has 0 fully saturated rings. The maximum atomic E-state index is 11.7. The van der Waals surface area contributed by atoms with Crippen LogP contribution in [0.25, 0.3) is 11.0 Å². The molecule has 1 amide bonds. The van der Waals surface area contributed by atoms with E-state index in [1.165, 1.54) is 0 Å². The average Bonchev–Trinajstić information content (AvgIpc) is 2.96. The fraction of sp³-hybridized carbons (Fsp3) is 0.571. The normalized spacial score (nSPS) is 12.1. The van der Waals surface area contributed by atoms with Gasteiger partial charge in [-0.05, 0) is 53.2 Å². The van der Waals surface area contributed by atoms with E-state index in [-0.39, 0.29) is 0 Å². The molecule has 0 spiro atoms. The number of rotatable bonds is 8. The minimum absolute atomic E-state index is 0.413. The zero-order valence-electron chi connectivity index (χ0n) is 18.2. The Labute approximate surface area is 173 Å². The number of nitrogens with one attached hydrogen (secondary N) is 3. The third kappa shape index (κ3) is 7.63. The van der Waals surface area contributed by atoms with Crippen LogP contribution in [-0.4, -0.2) is 53.4 Å². The number of alkyl carbamates (subject to hydrolysis) is 1. The molecule has 8 heteroatoms. The van der Waals surface area contributed by atoms with E-state index < -0.39 is 11.7 Å². The first kappa shape index (κ1) is 22.5. The first-order valence-electron chi connectivity index (χ1n) is 10.2. The van der Waals surface area contributed by atoms with Crippen LogP contribution in [0.15, 0.2) is 29.3 Å². The largest absolute Gasteiger partial charge is 0.444 e. The van der Waals surface area contributed by atoms with Gasteiger partial charge in [0.1, 0.15) is 11.4 Å². The summed E-state index contributed by atoms with van der Waals surface area (Å²) in [7, 11) is 0. The van der Waals surface area contributed by atoms with Gasteiger partial charge in [-0.2, -0.15) is 0 Å². The predicted octanol–water partition coefficient (Wildman–Crippen LogP) is 2.81. The van der Waals surface area contributed by atoms with Crippen LogP contribution in [0.2, 0.25) is 0 Å². The van der Waals surface area contributed by atoms with Crippen molar-refractivity contribution in [3.8, 4) is 0 Å². The zero-order valence-corrected chi connectivity index (χ0v) is 18.2. The highest BCUT2D eigenvalue weighted by molar-refractivity contribution is 5.79. The Kier molecular flexibility index (Phi) is 8.30. The molecule has 0 saturated carbocycles. The topological polar surface area (TPSA) is 92.6 Å². The van der Waals surface area contributed by atoms with Crippen molar-refractivity contribution in [2.75, 3.05) is 26.2 Å². The molecule has 0 atom stereocenters. The molecule has 0 bridgehead atoms. The van der Waals surface area contributed by atoms with Gasteiger partial charge in [-0.15, -0.1) is 0 Å². The Bertz CT molecular complexity index is 822. The summed E-state index contributed by atoms with van der Waals surface area (Å²) >= 11 is 0. The van der Waals surface area contributed by atoms with Crippen molar-refractivity contribution >= 4 is 23.1 Å². The van der Waals surface area contributed by atoms with Gasteiger partial charge in [0.15, 0.2) is 5.96 Å². The fourth-order valence-corrected chi connectivity index (χ4v) is 2.90. The number of carbonyl (C=O) groups excluding carboxylic acids is 1. The maximum absolute atomic E-state index is 11.7. The minimum atomic E-state index is -0.493. The molecule has 2 aromatic rings. The quantitative estimate of drug-likeness (QED) is 0.359. The summed E-state index contributed by atoms with van der Waals surface area (Å²) in [6, 6.07) is 8.18. The van der Waals surface area contributed by atoms with Gasteiger partial charge in [-0.25, -0.2) is 9.78 Å². The van der Waals surface area contributed by atoms with Crippen LogP contribution >= 0.6 is 0 Å². The maximum Gasteiger partial charge on any atom is 0.407 e. The van der Waals surface area contributed by atoms with E-state index in [1.54, 1.807) is 0 Å². The Balaban J connectivity index is 1.77. The zero-order chi connectivity index (χ0) is 21.3. The lowest BCUT2D eigenvalue weighted by Crippen LogP contribution is -2.42. The molecule has 1 heterocycles. The number of benzene rings is 1. The third-order valence-corrected chi connectivity index (χ3v) is 4.09. The summed E-state index contributed by atoms with van der Waals surface area (Å²) in [6.07, 6.45) is 0.498. The number of guanidine groups is 1. The number of hydrogen-bond acceptors (Lipinski definition) is 4. The first-order valence-corrected chi connectivity index (χ1v) is 10.2. The number of fused-ring (bicyclic) bond motifs is 1. The van der Waals surface area contributed by atoms with Gasteiger partial charge in [0.2, 0.25) is 0 Å². The summed E-state index contributed by atoms with van der Waals surface area (Å²) in [4.78, 5) is 20.9. The number of aromatic nitrogens is 2. The van der Waals surface area contributed by atoms with Crippen molar-refractivity contribution in [1.82, 2.24) is 25.5 Å². The number of aliphatic imine (C=N–C) groups is 1. The lowest BCUT2D eigenvalue weighted by Gasteiger charge is -2.19. The van der Waals surface area contributed by atoms with Crippen molar-refractivity contribution in [3.63, 3.8) is 0 Å². The van der Waals surface area contributed by atoms with E-state index in [9.17, 15) is 4.79 Å². The number of nitrogens with zero attached hydrogens (tertiary/aromatic N) is 3. The minimum Gasteiger partial charge on any atom is -0.444 e. The number of hydrogen-bond donors (Lipinski definition) is 3. The van der Waals surface area contributed by atoms with E-state index in [0.717, 1.165) is 42.3 Å². The van der Waals surface area contributed by atoms with Crippen LogP contribution in [0.3, 0.4) is 0 Å². The number of aryl methyl sites for hydroxylation is 2. The second kappa shape index (κ2) is 10.7. The molecule has 0 aliphatic carbocycles. The fourth-order valence-electron chi connectivity index (χ4n) is 2.90. The number of carbonyl (C=O) groups is 1. The molecule has 0 saturated heterocycles. The Morgan fingerprint density at radius 3 is 2.62 bits per heavy atom. The van der Waals surface area contributed by atoms with Crippen LogP contribution in [0.5, 0.6) is 0 Å². The molecule has 1 aromatic heterocycles. The molecule has 0 unspecified atom stereocenters. The standard InChI is InChI=1S/C21H34N6O2/c1-6-22-19(24-13-14-25-20(28)29-21(3,4)5)23-12-9-15-27-16(2)26-17-10-7-8-11-18(17)27/h7-8,10-11H,6,9,12-15H2,1-5H3,(H,25,28)(H2,22,23,24).